The van der Waals surface area contributed by atoms with Gasteiger partial charge in [0.1, 0.15) is 28.9 Å². The number of carbonyl (C=O) groups is 5. The number of nitrogens with zero attached hydrogens (tertiary/aromatic N) is 1. The zero-order valence-electron chi connectivity index (χ0n) is 24.0. The summed E-state index contributed by atoms with van der Waals surface area (Å²) in [5.41, 5.74) is 2.92. The molecule has 0 aliphatic rings. The minimum Gasteiger partial charge on any atom is -0.444 e. The number of amides is 4. The minimum absolute atomic E-state index is 0.175. The Hall–Kier alpha value is -3.42. The van der Waals surface area contributed by atoms with E-state index < -0.39 is 65.1 Å². The van der Waals surface area contributed by atoms with Crippen molar-refractivity contribution >= 4 is 36.2 Å². The Kier molecular flexibility index (Phi) is 13.2. The number of carbonyl (C=O) groups excluding carboxylic acids is 5. The molecular weight excluding hydrogens is 502 g/mol. The summed E-state index contributed by atoms with van der Waals surface area (Å²) in [7, 11) is 0. The van der Waals surface area contributed by atoms with Crippen molar-refractivity contribution in [2.24, 2.45) is 10.7 Å². The number of hydrogen-bond acceptors (Lipinski definition) is 10. The van der Waals surface area contributed by atoms with Gasteiger partial charge in [0.2, 0.25) is 5.91 Å². The van der Waals surface area contributed by atoms with Gasteiger partial charge < -0.3 is 35.3 Å². The van der Waals surface area contributed by atoms with E-state index in [0.717, 1.165) is 0 Å². The number of ether oxygens (including phenoxy) is 4. The Morgan fingerprint density at radius 3 is 1.76 bits per heavy atom. The van der Waals surface area contributed by atoms with Crippen molar-refractivity contribution in [2.45, 2.75) is 111 Å². The highest BCUT2D eigenvalue weighted by molar-refractivity contribution is 6.01. The summed E-state index contributed by atoms with van der Waals surface area (Å²) in [5, 5.41) is 6.93. The summed E-state index contributed by atoms with van der Waals surface area (Å²) < 4.78 is 20.4. The van der Waals surface area contributed by atoms with Crippen LogP contribution < -0.4 is 21.7 Å². The smallest absolute Gasteiger partial charge is 0.438 e. The second-order valence-corrected chi connectivity index (χ2v) is 11.3. The molecule has 0 unspecified atom stereocenters. The normalized spacial score (nSPS) is 13.9. The van der Waals surface area contributed by atoms with Crippen molar-refractivity contribution in [1.82, 2.24) is 16.0 Å². The molecule has 0 aliphatic carbocycles. The van der Waals surface area contributed by atoms with Gasteiger partial charge in [0.15, 0.2) is 0 Å². The van der Waals surface area contributed by atoms with Crippen LogP contribution in [0.1, 0.15) is 82.1 Å². The summed E-state index contributed by atoms with van der Waals surface area (Å²) in [6, 6.07) is -3.16. The van der Waals surface area contributed by atoms with Crippen molar-refractivity contribution in [3.63, 3.8) is 0 Å². The molecule has 4 amide bonds. The lowest BCUT2D eigenvalue weighted by atomic mass is 10.1. The van der Waals surface area contributed by atoms with Crippen LogP contribution in [-0.4, -0.2) is 71.6 Å². The van der Waals surface area contributed by atoms with Crippen LogP contribution in [0, 0.1) is 0 Å². The minimum atomic E-state index is -1.28. The Morgan fingerprint density at radius 1 is 0.789 bits per heavy atom. The van der Waals surface area contributed by atoms with E-state index in [2.05, 4.69) is 20.9 Å². The molecule has 0 saturated carbocycles. The van der Waals surface area contributed by atoms with Gasteiger partial charge >= 0.3 is 30.3 Å². The predicted molar refractivity (Wildman–Crippen MR) is 138 cm³/mol. The molecule has 218 valence electrons. The van der Waals surface area contributed by atoms with Crippen LogP contribution in [0.3, 0.4) is 0 Å². The van der Waals surface area contributed by atoms with E-state index in [1.165, 1.54) is 6.92 Å². The van der Waals surface area contributed by atoms with E-state index in [-0.39, 0.29) is 13.0 Å². The van der Waals surface area contributed by atoms with Gasteiger partial charge in [0.25, 0.3) is 0 Å². The lowest BCUT2D eigenvalue weighted by Gasteiger charge is -2.24. The molecule has 0 aromatic rings. The highest BCUT2D eigenvalue weighted by Crippen LogP contribution is 2.10. The van der Waals surface area contributed by atoms with Crippen LogP contribution in [0.2, 0.25) is 0 Å². The fourth-order valence-corrected chi connectivity index (χ4v) is 2.43. The van der Waals surface area contributed by atoms with Crippen molar-refractivity contribution in [2.75, 3.05) is 6.54 Å². The average molecular weight is 546 g/mol. The molecule has 0 aromatic carbocycles. The van der Waals surface area contributed by atoms with Crippen LogP contribution in [0.25, 0.3) is 0 Å². The van der Waals surface area contributed by atoms with Crippen LogP contribution >= 0.6 is 0 Å². The van der Waals surface area contributed by atoms with Crippen LogP contribution in [0.15, 0.2) is 4.99 Å². The number of rotatable bonds is 7. The summed E-state index contributed by atoms with van der Waals surface area (Å²) in [6.07, 6.45) is -2.43. The SMILES string of the molecule is C[C@H](NC(=O)[C@H](CCCN)NC(=O)OC(C)(C)C)C(=O)OC(=NC(=O)OC(C)(C)C)NC(=O)OC(C)(C)C. The monoisotopic (exact) mass is 545 g/mol. The molecule has 38 heavy (non-hydrogen) atoms. The maximum atomic E-state index is 12.8. The van der Waals surface area contributed by atoms with Gasteiger partial charge in [0.05, 0.1) is 0 Å². The third-order valence-corrected chi connectivity index (χ3v) is 3.81. The Morgan fingerprint density at radius 2 is 1.29 bits per heavy atom. The summed E-state index contributed by atoms with van der Waals surface area (Å²) in [5.74, 6) is -1.79. The van der Waals surface area contributed by atoms with E-state index in [0.29, 0.717) is 6.42 Å². The van der Waals surface area contributed by atoms with Crippen molar-refractivity contribution in [3.05, 3.63) is 0 Å². The standard InChI is InChI=1S/C24H43N5O9/c1-14(26-16(30)15(12-11-13-25)27-19(32)36-22(2,3)4)17(31)35-18(28-20(33)37-23(5,6)7)29-21(34)38-24(8,9)10/h14-15H,11-13,25H2,1-10H3,(H,26,30)(H,27,32)(H,28,29,33,34)/t14-,15-/m0/s1. The highest BCUT2D eigenvalue weighted by atomic mass is 16.6. The van der Waals surface area contributed by atoms with Gasteiger partial charge in [-0.1, -0.05) is 0 Å². The number of esters is 1. The first-order valence-electron chi connectivity index (χ1n) is 12.1. The summed E-state index contributed by atoms with van der Waals surface area (Å²) >= 11 is 0. The summed E-state index contributed by atoms with van der Waals surface area (Å²) in [4.78, 5) is 65.4. The van der Waals surface area contributed by atoms with Gasteiger partial charge in [0, 0.05) is 0 Å². The van der Waals surface area contributed by atoms with Gasteiger partial charge in [-0.15, -0.1) is 4.99 Å². The highest BCUT2D eigenvalue weighted by Gasteiger charge is 2.29. The zero-order valence-corrected chi connectivity index (χ0v) is 24.0. The van der Waals surface area contributed by atoms with Gasteiger partial charge in [-0.25, -0.2) is 24.5 Å². The molecule has 0 aliphatic heterocycles. The van der Waals surface area contributed by atoms with Crippen molar-refractivity contribution < 1.29 is 42.9 Å². The van der Waals surface area contributed by atoms with Gasteiger partial charge in [-0.3, -0.25) is 4.79 Å². The Balaban J connectivity index is 5.55. The Labute approximate surface area is 223 Å². The zero-order chi connectivity index (χ0) is 29.9. The summed E-state index contributed by atoms with van der Waals surface area (Å²) in [6.45, 7) is 16.2. The molecule has 14 nitrogen and oxygen atoms in total. The quantitative estimate of drug-likeness (QED) is 0.160. The van der Waals surface area contributed by atoms with Gasteiger partial charge in [-0.2, -0.15) is 0 Å². The van der Waals surface area contributed by atoms with Gasteiger partial charge in [-0.05, 0) is 88.6 Å². The molecule has 0 aromatic heterocycles. The number of alkyl carbamates (subject to hydrolysis) is 2. The fraction of sp³-hybridized carbons (Fsp3) is 0.750. The number of hydrogen-bond donors (Lipinski definition) is 4. The van der Waals surface area contributed by atoms with E-state index in [4.69, 9.17) is 24.7 Å². The lowest BCUT2D eigenvalue weighted by Crippen LogP contribution is -2.52. The van der Waals surface area contributed by atoms with E-state index in [9.17, 15) is 24.0 Å². The first-order chi connectivity index (χ1) is 17.1. The third-order valence-electron chi connectivity index (χ3n) is 3.81. The maximum absolute atomic E-state index is 12.8. The Bertz CT molecular complexity index is 883. The number of nitrogens with one attached hydrogen (secondary N) is 3. The molecule has 0 rings (SSSR count). The van der Waals surface area contributed by atoms with Crippen LogP contribution in [0.5, 0.6) is 0 Å². The second kappa shape index (κ2) is 14.5. The topological polar surface area (TPSA) is 197 Å². The first-order valence-corrected chi connectivity index (χ1v) is 12.1. The largest absolute Gasteiger partial charge is 0.444 e. The number of amidine groups is 1. The molecular formula is C24H43N5O9. The molecule has 14 heteroatoms. The molecule has 0 saturated heterocycles. The van der Waals surface area contributed by atoms with E-state index in [1.54, 1.807) is 62.3 Å². The molecule has 0 fully saturated rings. The maximum Gasteiger partial charge on any atom is 0.438 e. The van der Waals surface area contributed by atoms with E-state index in [1.807, 2.05) is 0 Å². The lowest BCUT2D eigenvalue weighted by molar-refractivity contribution is -0.140. The van der Waals surface area contributed by atoms with Crippen LogP contribution in [0.4, 0.5) is 14.4 Å². The van der Waals surface area contributed by atoms with E-state index >= 15 is 0 Å². The fourth-order valence-electron chi connectivity index (χ4n) is 2.43. The molecule has 0 bridgehead atoms. The number of aliphatic imine (C=N–C) groups is 1. The van der Waals surface area contributed by atoms with Crippen LogP contribution in [-0.2, 0) is 28.5 Å². The van der Waals surface area contributed by atoms with Crippen molar-refractivity contribution in [3.8, 4) is 0 Å². The van der Waals surface area contributed by atoms with Crippen molar-refractivity contribution in [1.29, 1.82) is 0 Å². The molecule has 0 heterocycles. The molecule has 2 atom stereocenters. The molecule has 5 N–H and O–H groups in total. The predicted octanol–water partition coefficient (Wildman–Crippen LogP) is 2.48. The molecule has 0 radical (unpaired) electrons. The molecule has 0 spiro atoms. The first kappa shape index (κ1) is 34.6. The number of nitrogens with two attached hydrogens (primary N) is 1. The second-order valence-electron chi connectivity index (χ2n) is 11.3. The third kappa shape index (κ3) is 17.1. The average Bonchev–Trinajstić information content (AvgIpc) is 2.66.